The van der Waals surface area contributed by atoms with E-state index in [0.717, 1.165) is 40.6 Å². The van der Waals surface area contributed by atoms with Gasteiger partial charge in [-0.05, 0) is 43.7 Å². The van der Waals surface area contributed by atoms with Crippen molar-refractivity contribution in [1.29, 1.82) is 0 Å². The lowest BCUT2D eigenvalue weighted by molar-refractivity contribution is -0.131. The summed E-state index contributed by atoms with van der Waals surface area (Å²) in [6.07, 6.45) is 5.80. The van der Waals surface area contributed by atoms with Gasteiger partial charge >= 0.3 is 5.97 Å². The summed E-state index contributed by atoms with van der Waals surface area (Å²) in [5.41, 5.74) is 2.13. The van der Waals surface area contributed by atoms with Crippen LogP contribution in [-0.2, 0) is 17.6 Å². The van der Waals surface area contributed by atoms with Crippen molar-refractivity contribution in [2.75, 3.05) is 0 Å². The van der Waals surface area contributed by atoms with Crippen LogP contribution in [0.2, 0.25) is 0 Å². The molecule has 1 N–H and O–H groups in total. The van der Waals surface area contributed by atoms with Crippen LogP contribution in [0.3, 0.4) is 0 Å². The molecule has 0 aromatic carbocycles. The number of aromatic nitrogens is 4. The molecular weight excluding hydrogens is 312 g/mol. The average Bonchev–Trinajstić information content (AvgIpc) is 3.05. The summed E-state index contributed by atoms with van der Waals surface area (Å²) in [4.78, 5) is 22.3. The van der Waals surface area contributed by atoms with Crippen molar-refractivity contribution in [2.45, 2.75) is 33.1 Å². The van der Waals surface area contributed by atoms with Gasteiger partial charge in [-0.15, -0.1) is 16.4 Å². The number of hydrogen-bond donors (Lipinski definition) is 1. The van der Waals surface area contributed by atoms with E-state index in [1.165, 1.54) is 22.9 Å². The third-order valence-corrected chi connectivity index (χ3v) is 5.43. The largest absolute Gasteiger partial charge is 0.478 e. The smallest absolute Gasteiger partial charge is 0.328 e. The Labute approximate surface area is 136 Å². The van der Waals surface area contributed by atoms with Gasteiger partial charge in [0.25, 0.3) is 0 Å². The first-order valence-corrected chi connectivity index (χ1v) is 8.43. The van der Waals surface area contributed by atoms with Crippen LogP contribution in [0, 0.1) is 12.8 Å². The lowest BCUT2D eigenvalue weighted by Gasteiger charge is -2.17. The van der Waals surface area contributed by atoms with Crippen molar-refractivity contribution in [2.24, 2.45) is 5.92 Å². The first kappa shape index (κ1) is 14.3. The number of carboxylic acids is 1. The van der Waals surface area contributed by atoms with Crippen molar-refractivity contribution in [3.63, 3.8) is 0 Å². The molecule has 0 spiro atoms. The Morgan fingerprint density at radius 3 is 3.04 bits per heavy atom. The van der Waals surface area contributed by atoms with Gasteiger partial charge in [0.05, 0.1) is 5.39 Å². The van der Waals surface area contributed by atoms with E-state index in [4.69, 9.17) is 5.11 Å². The number of fused-ring (bicyclic) bond motifs is 5. The van der Waals surface area contributed by atoms with E-state index in [-0.39, 0.29) is 0 Å². The Kier molecular flexibility index (Phi) is 3.19. The first-order valence-electron chi connectivity index (χ1n) is 7.61. The molecule has 6 nitrogen and oxygen atoms in total. The van der Waals surface area contributed by atoms with E-state index in [9.17, 15) is 4.79 Å². The standard InChI is InChI=1S/C16H16N4O2S/c1-8-3-4-10-11(7-8)23-16-14(10)15-18-12(5-6-13(21)22)19-20(15)9(2)17-16/h5-6,8H,3-4,7H2,1-2H3,(H,21,22)/b6-5-. The maximum Gasteiger partial charge on any atom is 0.328 e. The van der Waals surface area contributed by atoms with Crippen molar-refractivity contribution in [3.05, 3.63) is 28.2 Å². The fourth-order valence-electron chi connectivity index (χ4n) is 3.17. The molecule has 7 heteroatoms. The lowest BCUT2D eigenvalue weighted by Crippen LogP contribution is -2.08. The molecule has 0 fully saturated rings. The van der Waals surface area contributed by atoms with Gasteiger partial charge < -0.3 is 5.11 Å². The fourth-order valence-corrected chi connectivity index (χ4v) is 4.59. The highest BCUT2D eigenvalue weighted by Gasteiger charge is 2.24. The fraction of sp³-hybridized carbons (Fsp3) is 0.375. The minimum Gasteiger partial charge on any atom is -0.478 e. The predicted molar refractivity (Wildman–Crippen MR) is 88.8 cm³/mol. The summed E-state index contributed by atoms with van der Waals surface area (Å²) >= 11 is 1.76. The van der Waals surface area contributed by atoms with E-state index >= 15 is 0 Å². The highest BCUT2D eigenvalue weighted by molar-refractivity contribution is 7.19. The lowest BCUT2D eigenvalue weighted by atomic mass is 9.89. The van der Waals surface area contributed by atoms with Crippen LogP contribution in [0.5, 0.6) is 0 Å². The van der Waals surface area contributed by atoms with Crippen LogP contribution in [0.25, 0.3) is 21.9 Å². The van der Waals surface area contributed by atoms with Crippen LogP contribution in [0.4, 0.5) is 0 Å². The summed E-state index contributed by atoms with van der Waals surface area (Å²) in [5, 5.41) is 14.2. The third-order valence-electron chi connectivity index (χ3n) is 4.29. The Morgan fingerprint density at radius 1 is 1.43 bits per heavy atom. The minimum absolute atomic E-state index is 0.397. The van der Waals surface area contributed by atoms with Crippen LogP contribution in [0.1, 0.15) is 35.4 Å². The van der Waals surface area contributed by atoms with Gasteiger partial charge in [0.15, 0.2) is 11.5 Å². The maximum atomic E-state index is 10.7. The number of carbonyl (C=O) groups is 1. The van der Waals surface area contributed by atoms with E-state index in [2.05, 4.69) is 22.0 Å². The molecule has 0 aliphatic heterocycles. The number of nitrogens with zero attached hydrogens (tertiary/aromatic N) is 4. The molecule has 4 rings (SSSR count). The third kappa shape index (κ3) is 2.31. The second kappa shape index (κ2) is 5.13. The van der Waals surface area contributed by atoms with Gasteiger partial charge in [-0.3, -0.25) is 0 Å². The summed E-state index contributed by atoms with van der Waals surface area (Å²) in [7, 11) is 0. The van der Waals surface area contributed by atoms with Crippen LogP contribution >= 0.6 is 11.3 Å². The zero-order valence-corrected chi connectivity index (χ0v) is 13.7. The molecule has 0 saturated heterocycles. The zero-order chi connectivity index (χ0) is 16.1. The summed E-state index contributed by atoms with van der Waals surface area (Å²) in [5.74, 6) is 0.862. The van der Waals surface area contributed by atoms with Crippen LogP contribution < -0.4 is 0 Å². The molecule has 1 aliphatic carbocycles. The second-order valence-corrected chi connectivity index (χ2v) is 7.15. The molecule has 3 heterocycles. The SMILES string of the molecule is Cc1nc2sc3c(c2c2nc(/C=C\C(=O)O)nn12)CCC(C)C3. The normalized spacial score (nSPS) is 18.1. The highest BCUT2D eigenvalue weighted by Crippen LogP contribution is 2.38. The maximum absolute atomic E-state index is 10.7. The van der Waals surface area contributed by atoms with Crippen molar-refractivity contribution in [1.82, 2.24) is 19.6 Å². The van der Waals surface area contributed by atoms with Gasteiger partial charge in [-0.25, -0.2) is 14.8 Å². The second-order valence-electron chi connectivity index (χ2n) is 6.07. The molecule has 1 atom stereocenters. The predicted octanol–water partition coefficient (Wildman–Crippen LogP) is 2.87. The monoisotopic (exact) mass is 328 g/mol. The van der Waals surface area contributed by atoms with Crippen LogP contribution in [0.15, 0.2) is 6.08 Å². The Balaban J connectivity index is 1.97. The summed E-state index contributed by atoms with van der Waals surface area (Å²) in [6.45, 7) is 4.18. The number of carboxylic acid groups (broad SMARTS) is 1. The molecule has 0 saturated carbocycles. The summed E-state index contributed by atoms with van der Waals surface area (Å²) < 4.78 is 1.72. The van der Waals surface area contributed by atoms with Crippen molar-refractivity contribution < 1.29 is 9.90 Å². The molecule has 0 bridgehead atoms. The summed E-state index contributed by atoms with van der Waals surface area (Å²) in [6, 6.07) is 0. The molecule has 1 unspecified atom stereocenters. The molecule has 0 radical (unpaired) electrons. The van der Waals surface area contributed by atoms with Gasteiger partial charge in [0.1, 0.15) is 10.7 Å². The Bertz CT molecular complexity index is 970. The quantitative estimate of drug-likeness (QED) is 0.732. The Hall–Kier alpha value is -2.28. The number of aliphatic carboxylic acids is 1. The van der Waals surface area contributed by atoms with Gasteiger partial charge in [0.2, 0.25) is 0 Å². The topological polar surface area (TPSA) is 80.4 Å². The number of thiophene rings is 1. The van der Waals surface area contributed by atoms with Crippen molar-refractivity contribution in [3.8, 4) is 0 Å². The molecule has 0 amide bonds. The molecule has 23 heavy (non-hydrogen) atoms. The van der Waals surface area contributed by atoms with Crippen LogP contribution in [-0.4, -0.2) is 30.7 Å². The van der Waals surface area contributed by atoms with E-state index in [0.29, 0.717) is 11.7 Å². The van der Waals surface area contributed by atoms with E-state index in [1.54, 1.807) is 15.9 Å². The van der Waals surface area contributed by atoms with Gasteiger partial charge in [-0.2, -0.15) is 4.52 Å². The number of rotatable bonds is 2. The Morgan fingerprint density at radius 2 is 2.26 bits per heavy atom. The number of hydrogen-bond acceptors (Lipinski definition) is 5. The highest BCUT2D eigenvalue weighted by atomic mass is 32.1. The van der Waals surface area contributed by atoms with E-state index in [1.807, 2.05) is 6.92 Å². The zero-order valence-electron chi connectivity index (χ0n) is 12.9. The first-order chi connectivity index (χ1) is 11.0. The molecular formula is C16H16N4O2S. The molecule has 1 aliphatic rings. The van der Waals surface area contributed by atoms with Gasteiger partial charge in [-0.1, -0.05) is 6.92 Å². The minimum atomic E-state index is -1.01. The van der Waals surface area contributed by atoms with Crippen molar-refractivity contribution >= 4 is 39.2 Å². The number of aryl methyl sites for hydroxylation is 2. The molecule has 118 valence electrons. The van der Waals surface area contributed by atoms with Gasteiger partial charge in [0, 0.05) is 11.0 Å². The average molecular weight is 328 g/mol. The molecule has 3 aromatic heterocycles. The molecule has 3 aromatic rings. The van der Waals surface area contributed by atoms with E-state index < -0.39 is 5.97 Å².